The molecule has 0 aromatic carbocycles. The molecule has 6 heteroatoms. The Labute approximate surface area is 67.4 Å². The lowest BCUT2D eigenvalue weighted by Crippen LogP contribution is -2.45. The monoisotopic (exact) mass is 188 g/mol. The van der Waals surface area contributed by atoms with Crippen molar-refractivity contribution < 1.29 is 28.5 Å². The van der Waals surface area contributed by atoms with Gasteiger partial charge in [0.2, 0.25) is 0 Å². The van der Waals surface area contributed by atoms with Gasteiger partial charge in [0, 0.05) is 0 Å². The smallest absolute Gasteiger partial charge is 0.390 e. The molecule has 0 aliphatic carbocycles. The summed E-state index contributed by atoms with van der Waals surface area (Å²) in [7, 11) is 0. The van der Waals surface area contributed by atoms with E-state index in [1.165, 1.54) is 6.92 Å². The lowest BCUT2D eigenvalue weighted by molar-refractivity contribution is -0.241. The van der Waals surface area contributed by atoms with Gasteiger partial charge >= 0.3 is 6.18 Å². The van der Waals surface area contributed by atoms with Crippen LogP contribution < -0.4 is 0 Å². The summed E-state index contributed by atoms with van der Waals surface area (Å²) in [5, 5.41) is 25.9. The maximum atomic E-state index is 11.7. The molecule has 3 unspecified atom stereocenters. The highest BCUT2D eigenvalue weighted by Crippen LogP contribution is 2.24. The molecule has 3 atom stereocenters. The predicted octanol–water partition coefficient (Wildman–Crippen LogP) is 0.0414. The number of hydrogen-bond donors (Lipinski definition) is 3. The van der Waals surface area contributed by atoms with E-state index >= 15 is 0 Å². The lowest BCUT2D eigenvalue weighted by Gasteiger charge is -2.23. The van der Waals surface area contributed by atoms with Crippen molar-refractivity contribution in [3.63, 3.8) is 0 Å². The largest absolute Gasteiger partial charge is 0.417 e. The van der Waals surface area contributed by atoms with Crippen LogP contribution in [0.25, 0.3) is 0 Å². The average molecular weight is 188 g/mol. The van der Waals surface area contributed by atoms with E-state index in [9.17, 15) is 13.2 Å². The zero-order valence-corrected chi connectivity index (χ0v) is 6.41. The summed E-state index contributed by atoms with van der Waals surface area (Å²) in [5.74, 6) is 0. The topological polar surface area (TPSA) is 60.7 Å². The highest BCUT2D eigenvalue weighted by Gasteiger charge is 2.44. The summed E-state index contributed by atoms with van der Waals surface area (Å²) in [6.07, 6.45) is -11.5. The molecule has 0 heterocycles. The van der Waals surface area contributed by atoms with Crippen molar-refractivity contribution in [3.8, 4) is 0 Å². The molecule has 0 spiro atoms. The van der Waals surface area contributed by atoms with Crippen molar-refractivity contribution in [2.24, 2.45) is 0 Å². The van der Waals surface area contributed by atoms with Crippen LogP contribution in [0.2, 0.25) is 0 Å². The highest BCUT2D eigenvalue weighted by molar-refractivity contribution is 4.79. The van der Waals surface area contributed by atoms with Gasteiger partial charge in [-0.15, -0.1) is 0 Å². The first-order chi connectivity index (χ1) is 5.30. The molecule has 0 aliphatic heterocycles. The second-order valence-electron chi connectivity index (χ2n) is 2.45. The Morgan fingerprint density at radius 1 is 1.17 bits per heavy atom. The van der Waals surface area contributed by atoms with Crippen LogP contribution in [-0.2, 0) is 0 Å². The summed E-state index contributed by atoms with van der Waals surface area (Å²) in [6, 6.07) is 0. The molecule has 0 radical (unpaired) electrons. The molecule has 0 saturated heterocycles. The maximum Gasteiger partial charge on any atom is 0.417 e. The van der Waals surface area contributed by atoms with Crippen LogP contribution in [0.15, 0.2) is 0 Å². The van der Waals surface area contributed by atoms with E-state index in [1.54, 1.807) is 0 Å². The molecule has 0 aliphatic rings. The van der Waals surface area contributed by atoms with Gasteiger partial charge in [-0.1, -0.05) is 6.92 Å². The van der Waals surface area contributed by atoms with Gasteiger partial charge in [0.05, 0.1) is 6.10 Å². The van der Waals surface area contributed by atoms with Crippen LogP contribution in [0.4, 0.5) is 13.2 Å². The third kappa shape index (κ3) is 2.96. The molecule has 0 aromatic heterocycles. The predicted molar refractivity (Wildman–Crippen MR) is 34.4 cm³/mol. The number of aliphatic hydroxyl groups excluding tert-OH is 3. The van der Waals surface area contributed by atoms with Gasteiger partial charge in [0.1, 0.15) is 6.10 Å². The van der Waals surface area contributed by atoms with Gasteiger partial charge in [-0.05, 0) is 6.42 Å². The second kappa shape index (κ2) is 4.06. The molecular weight excluding hydrogens is 177 g/mol. The van der Waals surface area contributed by atoms with Gasteiger partial charge < -0.3 is 15.3 Å². The number of halogens is 3. The van der Waals surface area contributed by atoms with Gasteiger partial charge in [-0.2, -0.15) is 13.2 Å². The van der Waals surface area contributed by atoms with Crippen LogP contribution in [0.3, 0.4) is 0 Å². The number of hydrogen-bond acceptors (Lipinski definition) is 3. The quantitative estimate of drug-likeness (QED) is 0.586. The fraction of sp³-hybridized carbons (Fsp3) is 1.00. The van der Waals surface area contributed by atoms with E-state index in [0.717, 1.165) is 0 Å². The van der Waals surface area contributed by atoms with Crippen molar-refractivity contribution in [2.75, 3.05) is 0 Å². The van der Waals surface area contributed by atoms with Crippen LogP contribution in [0.1, 0.15) is 13.3 Å². The Hall–Kier alpha value is -0.330. The van der Waals surface area contributed by atoms with Gasteiger partial charge in [0.25, 0.3) is 0 Å². The third-order valence-corrected chi connectivity index (χ3v) is 1.47. The van der Waals surface area contributed by atoms with Gasteiger partial charge in [0.15, 0.2) is 6.10 Å². The van der Waals surface area contributed by atoms with Crippen molar-refractivity contribution in [2.45, 2.75) is 37.8 Å². The minimum Gasteiger partial charge on any atom is -0.390 e. The van der Waals surface area contributed by atoms with E-state index in [-0.39, 0.29) is 6.42 Å². The molecule has 3 nitrogen and oxygen atoms in total. The van der Waals surface area contributed by atoms with Crippen LogP contribution in [-0.4, -0.2) is 39.8 Å². The first-order valence-electron chi connectivity index (χ1n) is 3.41. The third-order valence-electron chi connectivity index (χ3n) is 1.47. The number of rotatable bonds is 3. The molecular formula is C6H11F3O3. The molecule has 0 aromatic rings. The van der Waals surface area contributed by atoms with E-state index in [2.05, 4.69) is 0 Å². The van der Waals surface area contributed by atoms with Crippen molar-refractivity contribution >= 4 is 0 Å². The standard InChI is InChI=1S/C6H11F3O3/c1-2-3(10)4(11)5(12)6(7,8)9/h3-5,10-12H,2H2,1H3. The minimum absolute atomic E-state index is 0.0473. The fourth-order valence-electron chi connectivity index (χ4n) is 0.646. The van der Waals surface area contributed by atoms with Gasteiger partial charge in [-0.25, -0.2) is 0 Å². The molecule has 74 valence electrons. The summed E-state index contributed by atoms with van der Waals surface area (Å²) in [5.41, 5.74) is 0. The number of aliphatic hydroxyl groups is 3. The molecule has 0 fully saturated rings. The fourth-order valence-corrected chi connectivity index (χ4v) is 0.646. The molecule has 0 saturated carbocycles. The Bertz CT molecular complexity index is 136. The van der Waals surface area contributed by atoms with E-state index in [0.29, 0.717) is 0 Å². The van der Waals surface area contributed by atoms with Crippen LogP contribution in [0, 0.1) is 0 Å². The Morgan fingerprint density at radius 3 is 1.83 bits per heavy atom. The summed E-state index contributed by atoms with van der Waals surface area (Å²) in [4.78, 5) is 0. The van der Waals surface area contributed by atoms with Crippen molar-refractivity contribution in [3.05, 3.63) is 0 Å². The van der Waals surface area contributed by atoms with Crippen molar-refractivity contribution in [1.82, 2.24) is 0 Å². The summed E-state index contributed by atoms with van der Waals surface area (Å²) in [6.45, 7) is 1.40. The lowest BCUT2D eigenvalue weighted by atomic mass is 10.1. The maximum absolute atomic E-state index is 11.7. The first kappa shape index (κ1) is 11.7. The number of alkyl halides is 3. The minimum atomic E-state index is -4.89. The molecule has 0 amide bonds. The molecule has 3 N–H and O–H groups in total. The van der Waals surface area contributed by atoms with Crippen LogP contribution >= 0.6 is 0 Å². The first-order valence-corrected chi connectivity index (χ1v) is 3.41. The van der Waals surface area contributed by atoms with E-state index in [1.807, 2.05) is 0 Å². The van der Waals surface area contributed by atoms with Gasteiger partial charge in [-0.3, -0.25) is 0 Å². The summed E-state index contributed by atoms with van der Waals surface area (Å²) < 4.78 is 35.0. The Morgan fingerprint density at radius 2 is 1.58 bits per heavy atom. The highest BCUT2D eigenvalue weighted by atomic mass is 19.4. The summed E-state index contributed by atoms with van der Waals surface area (Å²) >= 11 is 0. The van der Waals surface area contributed by atoms with Crippen molar-refractivity contribution in [1.29, 1.82) is 0 Å². The molecule has 12 heavy (non-hydrogen) atoms. The zero-order valence-electron chi connectivity index (χ0n) is 6.41. The Kier molecular flexibility index (Phi) is 3.95. The normalized spacial score (nSPS) is 20.2. The molecule has 0 bridgehead atoms. The van der Waals surface area contributed by atoms with Crippen LogP contribution in [0.5, 0.6) is 0 Å². The second-order valence-corrected chi connectivity index (χ2v) is 2.45. The Balaban J connectivity index is 4.19. The SMILES string of the molecule is CCC(O)C(O)C(O)C(F)(F)F. The average Bonchev–Trinajstić information content (AvgIpc) is 1.98. The van der Waals surface area contributed by atoms with E-state index < -0.39 is 24.5 Å². The van der Waals surface area contributed by atoms with E-state index in [4.69, 9.17) is 15.3 Å². The zero-order chi connectivity index (χ0) is 9.94. The molecule has 0 rings (SSSR count).